The second-order valence-corrected chi connectivity index (χ2v) is 3.26. The first-order chi connectivity index (χ1) is 5.33. The number of carbonyl (C=O) groups is 1. The number of aromatic nitrogens is 3. The Balaban J connectivity index is 2.46. The summed E-state index contributed by atoms with van der Waals surface area (Å²) in [5, 5.41) is 7.44. The van der Waals surface area contributed by atoms with Gasteiger partial charge in [0.25, 0.3) is 0 Å². The molecule has 58 valence electrons. The zero-order chi connectivity index (χ0) is 7.84. The quantitative estimate of drug-likeness (QED) is 0.697. The average molecular weight is 216 g/mol. The fraction of sp³-hybridized carbons (Fsp3) is 0.500. The Bertz CT molecular complexity index is 292. The fourth-order valence-corrected chi connectivity index (χ4v) is 1.58. The lowest BCUT2D eigenvalue weighted by Gasteiger charge is -1.98. The molecular formula is C6H6BrN3O. The van der Waals surface area contributed by atoms with Crippen molar-refractivity contribution in [3.63, 3.8) is 0 Å². The molecule has 0 unspecified atom stereocenters. The van der Waals surface area contributed by atoms with Crippen LogP contribution in [0.2, 0.25) is 0 Å². The second kappa shape index (κ2) is 2.41. The standard InChI is InChI=1S/C6H6BrN3O/c7-6-9-8-5(3-11)10(6)4-1-2-4/h3-4H,1-2H2. The maximum absolute atomic E-state index is 10.4. The van der Waals surface area contributed by atoms with Crippen LogP contribution in [0.1, 0.15) is 29.5 Å². The highest BCUT2D eigenvalue weighted by Crippen LogP contribution is 2.37. The van der Waals surface area contributed by atoms with Gasteiger partial charge in [0.2, 0.25) is 4.73 Å². The molecule has 1 aromatic rings. The zero-order valence-corrected chi connectivity index (χ0v) is 7.28. The van der Waals surface area contributed by atoms with Crippen molar-refractivity contribution >= 4 is 22.2 Å². The molecule has 1 fully saturated rings. The molecule has 4 nitrogen and oxygen atoms in total. The van der Waals surface area contributed by atoms with E-state index in [2.05, 4.69) is 26.1 Å². The molecule has 1 aliphatic carbocycles. The first-order valence-corrected chi connectivity index (χ1v) is 4.18. The highest BCUT2D eigenvalue weighted by atomic mass is 79.9. The zero-order valence-electron chi connectivity index (χ0n) is 5.70. The topological polar surface area (TPSA) is 47.8 Å². The number of nitrogens with zero attached hydrogens (tertiary/aromatic N) is 3. The monoisotopic (exact) mass is 215 g/mol. The van der Waals surface area contributed by atoms with E-state index in [9.17, 15) is 4.79 Å². The molecule has 0 radical (unpaired) electrons. The molecule has 0 spiro atoms. The Morgan fingerprint density at radius 3 is 2.82 bits per heavy atom. The van der Waals surface area contributed by atoms with Crippen molar-refractivity contribution < 1.29 is 4.79 Å². The van der Waals surface area contributed by atoms with Gasteiger partial charge in [-0.05, 0) is 28.8 Å². The molecule has 0 amide bonds. The second-order valence-electron chi connectivity index (χ2n) is 2.55. The number of rotatable bonds is 2. The van der Waals surface area contributed by atoms with E-state index in [4.69, 9.17) is 0 Å². The molecule has 11 heavy (non-hydrogen) atoms. The minimum Gasteiger partial charge on any atom is -0.296 e. The van der Waals surface area contributed by atoms with Crippen molar-refractivity contribution in [1.29, 1.82) is 0 Å². The van der Waals surface area contributed by atoms with E-state index < -0.39 is 0 Å². The van der Waals surface area contributed by atoms with Crippen molar-refractivity contribution in [2.45, 2.75) is 18.9 Å². The van der Waals surface area contributed by atoms with Crippen LogP contribution in [0.15, 0.2) is 4.73 Å². The molecular weight excluding hydrogens is 210 g/mol. The number of hydrogen-bond donors (Lipinski definition) is 0. The first kappa shape index (κ1) is 6.97. The van der Waals surface area contributed by atoms with Crippen molar-refractivity contribution in [3.05, 3.63) is 10.6 Å². The largest absolute Gasteiger partial charge is 0.296 e. The van der Waals surface area contributed by atoms with Crippen LogP contribution in [0.25, 0.3) is 0 Å². The van der Waals surface area contributed by atoms with E-state index in [1.54, 1.807) is 0 Å². The van der Waals surface area contributed by atoms with Gasteiger partial charge in [-0.1, -0.05) is 0 Å². The molecule has 2 rings (SSSR count). The number of aldehydes is 1. The van der Waals surface area contributed by atoms with E-state index >= 15 is 0 Å². The Hall–Kier alpha value is -0.710. The smallest absolute Gasteiger partial charge is 0.200 e. The van der Waals surface area contributed by atoms with Crippen LogP contribution in [0, 0.1) is 0 Å². The maximum Gasteiger partial charge on any atom is 0.200 e. The van der Waals surface area contributed by atoms with Crippen molar-refractivity contribution in [1.82, 2.24) is 14.8 Å². The fourth-order valence-electron chi connectivity index (χ4n) is 1.03. The van der Waals surface area contributed by atoms with Gasteiger partial charge in [0, 0.05) is 6.04 Å². The Kier molecular flexibility index (Phi) is 1.52. The van der Waals surface area contributed by atoms with Gasteiger partial charge in [-0.25, -0.2) is 0 Å². The van der Waals surface area contributed by atoms with Gasteiger partial charge in [0.15, 0.2) is 12.1 Å². The summed E-state index contributed by atoms with van der Waals surface area (Å²) in [6.07, 6.45) is 2.98. The summed E-state index contributed by atoms with van der Waals surface area (Å²) in [4.78, 5) is 10.4. The summed E-state index contributed by atoms with van der Waals surface area (Å²) in [6, 6.07) is 0.444. The minimum absolute atomic E-state index is 0.416. The molecule has 1 aliphatic rings. The maximum atomic E-state index is 10.4. The summed E-state index contributed by atoms with van der Waals surface area (Å²) < 4.78 is 2.48. The molecule has 0 atom stereocenters. The average Bonchev–Trinajstić information content (AvgIpc) is 2.76. The molecule has 0 N–H and O–H groups in total. The van der Waals surface area contributed by atoms with Gasteiger partial charge in [-0.15, -0.1) is 10.2 Å². The van der Waals surface area contributed by atoms with Crippen molar-refractivity contribution in [2.75, 3.05) is 0 Å². The Labute approximate surface area is 71.7 Å². The summed E-state index contributed by atoms with van der Waals surface area (Å²) >= 11 is 3.23. The predicted octanol–water partition coefficient (Wildman–Crippen LogP) is 1.19. The normalized spacial score (nSPS) is 16.8. The summed E-state index contributed by atoms with van der Waals surface area (Å²) in [7, 11) is 0. The Morgan fingerprint density at radius 2 is 2.27 bits per heavy atom. The SMILES string of the molecule is O=Cc1nnc(Br)n1C1CC1. The van der Waals surface area contributed by atoms with E-state index in [-0.39, 0.29) is 0 Å². The van der Waals surface area contributed by atoms with Gasteiger partial charge in [-0.3, -0.25) is 9.36 Å². The molecule has 0 aromatic carbocycles. The van der Waals surface area contributed by atoms with Crippen LogP contribution in [-0.2, 0) is 0 Å². The number of carbonyl (C=O) groups excluding carboxylic acids is 1. The van der Waals surface area contributed by atoms with Gasteiger partial charge in [0.1, 0.15) is 0 Å². The van der Waals surface area contributed by atoms with Crippen molar-refractivity contribution in [2.24, 2.45) is 0 Å². The third-order valence-corrected chi connectivity index (χ3v) is 2.24. The summed E-state index contributed by atoms with van der Waals surface area (Å²) in [5.41, 5.74) is 0. The molecule has 1 aromatic heterocycles. The summed E-state index contributed by atoms with van der Waals surface area (Å²) in [5.74, 6) is 0.416. The summed E-state index contributed by atoms with van der Waals surface area (Å²) in [6.45, 7) is 0. The highest BCUT2D eigenvalue weighted by Gasteiger charge is 2.28. The van der Waals surface area contributed by atoms with E-state index in [0.29, 0.717) is 16.6 Å². The van der Waals surface area contributed by atoms with Crippen LogP contribution < -0.4 is 0 Å². The van der Waals surface area contributed by atoms with Gasteiger partial charge >= 0.3 is 0 Å². The Morgan fingerprint density at radius 1 is 1.55 bits per heavy atom. The minimum atomic E-state index is 0.416. The third kappa shape index (κ3) is 1.09. The van der Waals surface area contributed by atoms with E-state index in [1.807, 2.05) is 4.57 Å². The molecule has 0 aliphatic heterocycles. The van der Waals surface area contributed by atoms with Gasteiger partial charge in [-0.2, -0.15) is 0 Å². The van der Waals surface area contributed by atoms with E-state index in [0.717, 1.165) is 19.1 Å². The van der Waals surface area contributed by atoms with Crippen molar-refractivity contribution in [3.8, 4) is 0 Å². The van der Waals surface area contributed by atoms with Gasteiger partial charge in [0.05, 0.1) is 0 Å². The lowest BCUT2D eigenvalue weighted by atomic mass is 10.6. The van der Waals surface area contributed by atoms with Crippen LogP contribution in [0.3, 0.4) is 0 Å². The van der Waals surface area contributed by atoms with E-state index in [1.165, 1.54) is 0 Å². The molecule has 1 saturated carbocycles. The number of halogens is 1. The third-order valence-electron chi connectivity index (χ3n) is 1.70. The highest BCUT2D eigenvalue weighted by molar-refractivity contribution is 9.10. The van der Waals surface area contributed by atoms with Crippen LogP contribution >= 0.6 is 15.9 Å². The number of hydrogen-bond acceptors (Lipinski definition) is 3. The molecule has 1 heterocycles. The van der Waals surface area contributed by atoms with Crippen LogP contribution in [0.4, 0.5) is 0 Å². The van der Waals surface area contributed by atoms with Crippen LogP contribution in [0.5, 0.6) is 0 Å². The molecule has 5 heteroatoms. The first-order valence-electron chi connectivity index (χ1n) is 3.38. The van der Waals surface area contributed by atoms with Crippen LogP contribution in [-0.4, -0.2) is 21.1 Å². The molecule has 0 saturated heterocycles. The lowest BCUT2D eigenvalue weighted by Crippen LogP contribution is -1.99. The lowest BCUT2D eigenvalue weighted by molar-refractivity contribution is 0.111. The van der Waals surface area contributed by atoms with Gasteiger partial charge < -0.3 is 0 Å². The molecule has 0 bridgehead atoms. The predicted molar refractivity (Wildman–Crippen MR) is 41.4 cm³/mol.